The monoisotopic (exact) mass is 296 g/mol. The maximum Gasteiger partial charge on any atom is 0.259 e. The van der Waals surface area contributed by atoms with E-state index in [-0.39, 0.29) is 0 Å². The Bertz CT molecular complexity index is 735. The summed E-state index contributed by atoms with van der Waals surface area (Å²) in [6.07, 6.45) is 0. The summed E-state index contributed by atoms with van der Waals surface area (Å²) in [6, 6.07) is 16.2. The van der Waals surface area contributed by atoms with Gasteiger partial charge in [-0.15, -0.1) is 11.8 Å². The Hall–Kier alpha value is -2.07. The van der Waals surface area contributed by atoms with Gasteiger partial charge in [0.2, 0.25) is 5.82 Å². The maximum absolute atomic E-state index is 5.45. The van der Waals surface area contributed by atoms with E-state index in [1.54, 1.807) is 11.8 Å². The standard InChI is InChI=1S/C17H16N2OS/c1-3-21-15-7-5-4-6-14(15)17-18-16(19-20-17)13-10-8-12(2)9-11-13/h4-11H,3H2,1-2H3. The molecular weight excluding hydrogens is 280 g/mol. The topological polar surface area (TPSA) is 38.9 Å². The number of nitrogens with zero attached hydrogens (tertiary/aromatic N) is 2. The smallest absolute Gasteiger partial charge is 0.259 e. The Labute approximate surface area is 128 Å². The number of hydrogen-bond donors (Lipinski definition) is 0. The molecule has 3 nitrogen and oxygen atoms in total. The van der Waals surface area contributed by atoms with E-state index < -0.39 is 0 Å². The summed E-state index contributed by atoms with van der Waals surface area (Å²) in [4.78, 5) is 5.70. The van der Waals surface area contributed by atoms with E-state index in [1.165, 1.54) is 10.5 Å². The van der Waals surface area contributed by atoms with Gasteiger partial charge < -0.3 is 4.52 Å². The average Bonchev–Trinajstić information content (AvgIpc) is 2.99. The van der Waals surface area contributed by atoms with E-state index >= 15 is 0 Å². The van der Waals surface area contributed by atoms with Crippen molar-refractivity contribution in [2.45, 2.75) is 18.7 Å². The molecule has 0 aliphatic heterocycles. The Morgan fingerprint density at radius 3 is 2.57 bits per heavy atom. The molecule has 4 heteroatoms. The van der Waals surface area contributed by atoms with Gasteiger partial charge in [-0.2, -0.15) is 4.98 Å². The van der Waals surface area contributed by atoms with Crippen LogP contribution in [0.5, 0.6) is 0 Å². The lowest BCUT2D eigenvalue weighted by Gasteiger charge is -2.02. The van der Waals surface area contributed by atoms with Gasteiger partial charge in [0, 0.05) is 10.5 Å². The summed E-state index contributed by atoms with van der Waals surface area (Å²) in [7, 11) is 0. The Kier molecular flexibility index (Phi) is 4.06. The van der Waals surface area contributed by atoms with Gasteiger partial charge in [0.25, 0.3) is 5.89 Å². The molecule has 0 bridgehead atoms. The number of aromatic nitrogens is 2. The van der Waals surface area contributed by atoms with Gasteiger partial charge >= 0.3 is 0 Å². The fourth-order valence-corrected chi connectivity index (χ4v) is 2.87. The largest absolute Gasteiger partial charge is 0.334 e. The van der Waals surface area contributed by atoms with Crippen LogP contribution in [0.3, 0.4) is 0 Å². The van der Waals surface area contributed by atoms with Crippen LogP contribution in [-0.4, -0.2) is 15.9 Å². The summed E-state index contributed by atoms with van der Waals surface area (Å²) in [5.41, 5.74) is 3.18. The van der Waals surface area contributed by atoms with Crippen LogP contribution in [-0.2, 0) is 0 Å². The number of benzene rings is 2. The predicted octanol–water partition coefficient (Wildman–Crippen LogP) is 4.82. The van der Waals surface area contributed by atoms with Gasteiger partial charge in [0.1, 0.15) is 0 Å². The molecule has 0 atom stereocenters. The van der Waals surface area contributed by atoms with Crippen LogP contribution in [0, 0.1) is 6.92 Å². The molecule has 0 unspecified atom stereocenters. The second-order valence-corrected chi connectivity index (χ2v) is 6.02. The minimum absolute atomic E-state index is 0.571. The second-order valence-electron chi connectivity index (χ2n) is 4.72. The van der Waals surface area contributed by atoms with Crippen LogP contribution in [0.2, 0.25) is 0 Å². The lowest BCUT2D eigenvalue weighted by Crippen LogP contribution is -1.84. The zero-order chi connectivity index (χ0) is 14.7. The van der Waals surface area contributed by atoms with Gasteiger partial charge in [-0.25, -0.2) is 0 Å². The van der Waals surface area contributed by atoms with Gasteiger partial charge in [-0.1, -0.05) is 54.0 Å². The van der Waals surface area contributed by atoms with Crippen molar-refractivity contribution in [2.75, 3.05) is 5.75 Å². The first-order valence-corrected chi connectivity index (χ1v) is 7.89. The van der Waals surface area contributed by atoms with Crippen molar-refractivity contribution in [3.63, 3.8) is 0 Å². The normalized spacial score (nSPS) is 10.8. The molecule has 0 aliphatic rings. The van der Waals surface area contributed by atoms with Crippen LogP contribution < -0.4 is 0 Å². The van der Waals surface area contributed by atoms with Crippen LogP contribution in [0.1, 0.15) is 12.5 Å². The summed E-state index contributed by atoms with van der Waals surface area (Å²) in [5, 5.41) is 4.10. The minimum Gasteiger partial charge on any atom is -0.334 e. The second kappa shape index (κ2) is 6.14. The molecule has 0 saturated carbocycles. The molecule has 0 radical (unpaired) electrons. The van der Waals surface area contributed by atoms with Crippen LogP contribution in [0.25, 0.3) is 22.8 Å². The summed E-state index contributed by atoms with van der Waals surface area (Å²) < 4.78 is 5.45. The minimum atomic E-state index is 0.571. The Morgan fingerprint density at radius 1 is 1.05 bits per heavy atom. The first-order chi connectivity index (χ1) is 10.3. The van der Waals surface area contributed by atoms with E-state index in [9.17, 15) is 0 Å². The van der Waals surface area contributed by atoms with Crippen molar-refractivity contribution in [3.8, 4) is 22.8 Å². The Morgan fingerprint density at radius 2 is 1.81 bits per heavy atom. The Balaban J connectivity index is 1.97. The highest BCUT2D eigenvalue weighted by molar-refractivity contribution is 7.99. The molecule has 106 valence electrons. The molecule has 0 aliphatic carbocycles. The summed E-state index contributed by atoms with van der Waals surface area (Å²) in [5.74, 6) is 2.21. The summed E-state index contributed by atoms with van der Waals surface area (Å²) >= 11 is 1.78. The average molecular weight is 296 g/mol. The molecule has 2 aromatic carbocycles. The predicted molar refractivity (Wildman–Crippen MR) is 86.3 cm³/mol. The summed E-state index contributed by atoms with van der Waals surface area (Å²) in [6.45, 7) is 4.19. The quantitative estimate of drug-likeness (QED) is 0.647. The molecule has 21 heavy (non-hydrogen) atoms. The lowest BCUT2D eigenvalue weighted by atomic mass is 10.1. The van der Waals surface area contributed by atoms with E-state index in [1.807, 2.05) is 42.5 Å². The third-order valence-electron chi connectivity index (χ3n) is 3.15. The highest BCUT2D eigenvalue weighted by Gasteiger charge is 2.13. The maximum atomic E-state index is 5.45. The van der Waals surface area contributed by atoms with Crippen molar-refractivity contribution in [1.29, 1.82) is 0 Å². The van der Waals surface area contributed by atoms with Crippen LogP contribution in [0.4, 0.5) is 0 Å². The van der Waals surface area contributed by atoms with Crippen molar-refractivity contribution < 1.29 is 4.52 Å². The number of thioether (sulfide) groups is 1. The zero-order valence-electron chi connectivity index (χ0n) is 12.0. The van der Waals surface area contributed by atoms with Crippen molar-refractivity contribution in [1.82, 2.24) is 10.1 Å². The van der Waals surface area contributed by atoms with Crippen LogP contribution in [0.15, 0.2) is 57.9 Å². The number of hydrogen-bond acceptors (Lipinski definition) is 4. The lowest BCUT2D eigenvalue weighted by molar-refractivity contribution is 0.431. The molecule has 1 aromatic heterocycles. The highest BCUT2D eigenvalue weighted by atomic mass is 32.2. The highest BCUT2D eigenvalue weighted by Crippen LogP contribution is 2.31. The molecule has 3 rings (SSSR count). The third-order valence-corrected chi connectivity index (χ3v) is 4.11. The first kappa shape index (κ1) is 13.9. The number of rotatable bonds is 4. The van der Waals surface area contributed by atoms with E-state index in [0.29, 0.717) is 11.7 Å². The van der Waals surface area contributed by atoms with Crippen molar-refractivity contribution in [2.24, 2.45) is 0 Å². The molecule has 0 spiro atoms. The molecule has 1 heterocycles. The molecule has 3 aromatic rings. The number of aryl methyl sites for hydroxylation is 1. The van der Waals surface area contributed by atoms with Gasteiger partial charge in [0.15, 0.2) is 0 Å². The first-order valence-electron chi connectivity index (χ1n) is 6.91. The molecular formula is C17H16N2OS. The van der Waals surface area contributed by atoms with E-state index in [0.717, 1.165) is 16.9 Å². The molecule has 0 N–H and O–H groups in total. The third kappa shape index (κ3) is 3.00. The van der Waals surface area contributed by atoms with E-state index in [4.69, 9.17) is 4.52 Å². The van der Waals surface area contributed by atoms with Crippen molar-refractivity contribution >= 4 is 11.8 Å². The van der Waals surface area contributed by atoms with Crippen LogP contribution >= 0.6 is 11.8 Å². The zero-order valence-corrected chi connectivity index (χ0v) is 12.9. The molecule has 0 fully saturated rings. The SMILES string of the molecule is CCSc1ccccc1-c1nc(-c2ccc(C)cc2)no1. The molecule has 0 amide bonds. The molecule has 0 saturated heterocycles. The van der Waals surface area contributed by atoms with Gasteiger partial charge in [-0.3, -0.25) is 0 Å². The van der Waals surface area contributed by atoms with Gasteiger partial charge in [0.05, 0.1) is 5.56 Å². The fraction of sp³-hybridized carbons (Fsp3) is 0.176. The van der Waals surface area contributed by atoms with Gasteiger partial charge in [-0.05, 0) is 24.8 Å². The fourth-order valence-electron chi connectivity index (χ4n) is 2.08. The van der Waals surface area contributed by atoms with E-state index in [2.05, 4.69) is 30.1 Å². The van der Waals surface area contributed by atoms with Crippen molar-refractivity contribution in [3.05, 3.63) is 54.1 Å².